The zero-order valence-corrected chi connectivity index (χ0v) is 11.7. The lowest BCUT2D eigenvalue weighted by molar-refractivity contribution is 0.657. The van der Waals surface area contributed by atoms with Crippen LogP contribution in [0.3, 0.4) is 0 Å². The monoisotopic (exact) mass is 352 g/mol. The highest BCUT2D eigenvalue weighted by atomic mass is 79.9. The largest absolute Gasteiger partial charge is 0.455 e. The van der Waals surface area contributed by atoms with Gasteiger partial charge in [-0.15, -0.1) is 0 Å². The van der Waals surface area contributed by atoms with E-state index in [-0.39, 0.29) is 5.43 Å². The summed E-state index contributed by atoms with van der Waals surface area (Å²) >= 11 is 6.74. The van der Waals surface area contributed by atoms with E-state index in [9.17, 15) is 4.79 Å². The number of hydrogen-bond acceptors (Lipinski definition) is 2. The van der Waals surface area contributed by atoms with Crippen LogP contribution < -0.4 is 5.43 Å². The van der Waals surface area contributed by atoms with E-state index in [1.807, 2.05) is 18.2 Å². The van der Waals surface area contributed by atoms with Crippen LogP contribution in [0, 0.1) is 0 Å². The van der Waals surface area contributed by atoms with Crippen molar-refractivity contribution in [1.29, 1.82) is 0 Å². The van der Waals surface area contributed by atoms with Gasteiger partial charge in [0.05, 0.1) is 15.2 Å². The Balaban J connectivity index is 2.62. The molecule has 3 aromatic rings. The first-order chi connectivity index (χ1) is 8.16. The van der Waals surface area contributed by atoms with Gasteiger partial charge in [0, 0.05) is 4.47 Å². The molecule has 1 heterocycles. The summed E-state index contributed by atoms with van der Waals surface area (Å²) in [7, 11) is 0. The lowest BCUT2D eigenvalue weighted by atomic mass is 10.1. The third-order valence-corrected chi connectivity index (χ3v) is 3.73. The van der Waals surface area contributed by atoms with Crippen LogP contribution in [0.4, 0.5) is 0 Å². The molecule has 0 saturated carbocycles. The van der Waals surface area contributed by atoms with E-state index in [2.05, 4.69) is 31.9 Å². The van der Waals surface area contributed by atoms with Crippen molar-refractivity contribution in [3.8, 4) is 0 Å². The normalized spacial score (nSPS) is 11.2. The van der Waals surface area contributed by atoms with Gasteiger partial charge < -0.3 is 4.42 Å². The molecule has 0 unspecified atom stereocenters. The van der Waals surface area contributed by atoms with Gasteiger partial charge in [0.2, 0.25) is 5.43 Å². The first-order valence-corrected chi connectivity index (χ1v) is 6.56. The molecule has 0 amide bonds. The number of hydrogen-bond donors (Lipinski definition) is 0. The van der Waals surface area contributed by atoms with Gasteiger partial charge in [-0.05, 0) is 46.3 Å². The lowest BCUT2D eigenvalue weighted by Gasteiger charge is -2.02. The molecule has 0 saturated heterocycles. The molecule has 0 aliphatic heterocycles. The molecular weight excluding hydrogens is 348 g/mol. The van der Waals surface area contributed by atoms with E-state index in [0.717, 1.165) is 8.95 Å². The molecule has 1 aromatic heterocycles. The molecule has 4 heteroatoms. The van der Waals surface area contributed by atoms with Crippen LogP contribution in [-0.2, 0) is 0 Å². The van der Waals surface area contributed by atoms with Crippen LogP contribution in [0.1, 0.15) is 0 Å². The molecule has 0 atom stereocenters. The zero-order chi connectivity index (χ0) is 12.0. The van der Waals surface area contributed by atoms with E-state index in [0.29, 0.717) is 21.9 Å². The maximum absolute atomic E-state index is 12.3. The summed E-state index contributed by atoms with van der Waals surface area (Å²) in [5.74, 6) is 0. The highest BCUT2D eigenvalue weighted by Gasteiger charge is 2.09. The summed E-state index contributed by atoms with van der Waals surface area (Å²) in [6.07, 6.45) is 0. The van der Waals surface area contributed by atoms with Crippen LogP contribution in [-0.4, -0.2) is 0 Å². The zero-order valence-electron chi connectivity index (χ0n) is 8.54. The Bertz CT molecular complexity index is 784. The van der Waals surface area contributed by atoms with Crippen molar-refractivity contribution in [3.05, 3.63) is 55.6 Å². The molecule has 0 aliphatic carbocycles. The van der Waals surface area contributed by atoms with Crippen molar-refractivity contribution in [3.63, 3.8) is 0 Å². The maximum atomic E-state index is 12.3. The van der Waals surface area contributed by atoms with Crippen LogP contribution in [0.15, 0.2) is 54.6 Å². The van der Waals surface area contributed by atoms with E-state index in [1.165, 1.54) is 0 Å². The number of benzene rings is 2. The number of halogens is 2. The second-order valence-corrected chi connectivity index (χ2v) is 5.46. The van der Waals surface area contributed by atoms with E-state index >= 15 is 0 Å². The van der Waals surface area contributed by atoms with Gasteiger partial charge in [0.1, 0.15) is 5.58 Å². The second kappa shape index (κ2) is 3.96. The smallest absolute Gasteiger partial charge is 0.200 e. The molecule has 0 fully saturated rings. The predicted molar refractivity (Wildman–Crippen MR) is 75.4 cm³/mol. The van der Waals surface area contributed by atoms with Crippen LogP contribution >= 0.6 is 31.9 Å². The van der Waals surface area contributed by atoms with E-state index < -0.39 is 0 Å². The van der Waals surface area contributed by atoms with Crippen LogP contribution in [0.5, 0.6) is 0 Å². The fourth-order valence-corrected chi connectivity index (χ4v) is 2.62. The summed E-state index contributed by atoms with van der Waals surface area (Å²) < 4.78 is 7.40. The van der Waals surface area contributed by atoms with Crippen molar-refractivity contribution in [1.82, 2.24) is 0 Å². The van der Waals surface area contributed by atoms with Crippen molar-refractivity contribution < 1.29 is 4.42 Å². The first kappa shape index (κ1) is 11.0. The fourth-order valence-electron chi connectivity index (χ4n) is 1.82. The minimum atomic E-state index is -0.0103. The SMILES string of the molecule is O=c1c2cc(Br)ccc2oc2c(Br)cccc12. The predicted octanol–water partition coefficient (Wildman–Crippen LogP) is 4.47. The van der Waals surface area contributed by atoms with Gasteiger partial charge >= 0.3 is 0 Å². The maximum Gasteiger partial charge on any atom is 0.200 e. The molecule has 0 N–H and O–H groups in total. The summed E-state index contributed by atoms with van der Waals surface area (Å²) in [5.41, 5.74) is 1.17. The van der Waals surface area contributed by atoms with Gasteiger partial charge in [-0.2, -0.15) is 0 Å². The molecule has 17 heavy (non-hydrogen) atoms. The van der Waals surface area contributed by atoms with Crippen LogP contribution in [0.25, 0.3) is 21.9 Å². The average molecular weight is 354 g/mol. The number of para-hydroxylation sites is 1. The van der Waals surface area contributed by atoms with Crippen molar-refractivity contribution >= 4 is 53.8 Å². The second-order valence-electron chi connectivity index (χ2n) is 3.69. The minimum Gasteiger partial charge on any atom is -0.455 e. The summed E-state index contributed by atoms with van der Waals surface area (Å²) in [6, 6.07) is 10.9. The van der Waals surface area contributed by atoms with Crippen LogP contribution in [0.2, 0.25) is 0 Å². The Morgan fingerprint density at radius 1 is 1.00 bits per heavy atom. The molecule has 0 bridgehead atoms. The Labute approximate surface area is 113 Å². The number of fused-ring (bicyclic) bond motifs is 2. The molecule has 0 aliphatic rings. The Hall–Kier alpha value is -1.13. The van der Waals surface area contributed by atoms with Gasteiger partial charge in [0.15, 0.2) is 5.58 Å². The lowest BCUT2D eigenvalue weighted by Crippen LogP contribution is -2.02. The van der Waals surface area contributed by atoms with E-state index in [1.54, 1.807) is 18.2 Å². The number of rotatable bonds is 0. The molecule has 0 radical (unpaired) electrons. The molecule has 2 aromatic carbocycles. The highest BCUT2D eigenvalue weighted by Crippen LogP contribution is 2.26. The molecule has 2 nitrogen and oxygen atoms in total. The molecular formula is C13H6Br2O2. The Morgan fingerprint density at radius 3 is 2.65 bits per heavy atom. The molecule has 0 spiro atoms. The van der Waals surface area contributed by atoms with Gasteiger partial charge in [-0.1, -0.05) is 22.0 Å². The Kier molecular flexibility index (Phi) is 2.56. The van der Waals surface area contributed by atoms with Crippen molar-refractivity contribution in [2.75, 3.05) is 0 Å². The Morgan fingerprint density at radius 2 is 1.82 bits per heavy atom. The van der Waals surface area contributed by atoms with Gasteiger partial charge in [0.25, 0.3) is 0 Å². The summed E-state index contributed by atoms with van der Waals surface area (Å²) in [5, 5.41) is 1.18. The quantitative estimate of drug-likeness (QED) is 0.558. The van der Waals surface area contributed by atoms with E-state index in [4.69, 9.17) is 4.42 Å². The third-order valence-electron chi connectivity index (χ3n) is 2.61. The average Bonchev–Trinajstić information content (AvgIpc) is 2.32. The standard InChI is InChI=1S/C13H6Br2O2/c14-7-4-5-11-9(6-7)12(16)8-2-1-3-10(15)13(8)17-11/h1-6H. The van der Waals surface area contributed by atoms with Gasteiger partial charge in [-0.3, -0.25) is 4.79 Å². The topological polar surface area (TPSA) is 30.2 Å². The van der Waals surface area contributed by atoms with Crippen molar-refractivity contribution in [2.45, 2.75) is 0 Å². The first-order valence-electron chi connectivity index (χ1n) is 4.97. The van der Waals surface area contributed by atoms with Gasteiger partial charge in [-0.25, -0.2) is 0 Å². The minimum absolute atomic E-state index is 0.0103. The molecule has 84 valence electrons. The molecule has 3 rings (SSSR count). The van der Waals surface area contributed by atoms with Crippen molar-refractivity contribution in [2.24, 2.45) is 0 Å². The summed E-state index contributed by atoms with van der Waals surface area (Å²) in [6.45, 7) is 0. The highest BCUT2D eigenvalue weighted by molar-refractivity contribution is 9.11. The third kappa shape index (κ3) is 1.72. The summed E-state index contributed by atoms with van der Waals surface area (Å²) in [4.78, 5) is 12.3. The fraction of sp³-hybridized carbons (Fsp3) is 0.